The Hall–Kier alpha value is -2.10. The molecule has 1 N–H and O–H groups in total. The van der Waals surface area contributed by atoms with Gasteiger partial charge in [0.1, 0.15) is 12.4 Å². The van der Waals surface area contributed by atoms with E-state index >= 15 is 0 Å². The summed E-state index contributed by atoms with van der Waals surface area (Å²) in [6.07, 6.45) is 0.541. The van der Waals surface area contributed by atoms with Gasteiger partial charge in [0.05, 0.1) is 5.56 Å². The molecule has 0 aliphatic rings. The second-order valence-electron chi connectivity index (χ2n) is 3.37. The third-order valence-electron chi connectivity index (χ3n) is 1.94. The van der Waals surface area contributed by atoms with Crippen molar-refractivity contribution in [2.75, 3.05) is 0 Å². The number of carbonyl (C=O) groups is 2. The number of carbonyl (C=O) groups excluding carboxylic acids is 2. The first kappa shape index (κ1) is 12.0. The largest absolute Gasteiger partial charge is 0.507 e. The maximum absolute atomic E-state index is 11.1. The zero-order valence-corrected chi connectivity index (χ0v) is 8.90. The highest BCUT2D eigenvalue weighted by Gasteiger charge is 2.05. The lowest BCUT2D eigenvalue weighted by Gasteiger charge is -2.05. The van der Waals surface area contributed by atoms with E-state index in [0.29, 0.717) is 17.4 Å². The fraction of sp³-hybridized carbons (Fsp3) is 0.167. The molecule has 0 saturated carbocycles. The van der Waals surface area contributed by atoms with Gasteiger partial charge in [0.25, 0.3) is 0 Å². The molecule has 0 aliphatic heterocycles. The summed E-state index contributed by atoms with van der Waals surface area (Å²) in [7, 11) is 0. The summed E-state index contributed by atoms with van der Waals surface area (Å²) in [5, 5.41) is 9.25. The molecule has 1 aromatic carbocycles. The fourth-order valence-corrected chi connectivity index (χ4v) is 1.06. The molecule has 4 heteroatoms. The quantitative estimate of drug-likeness (QED) is 0.477. The lowest BCUT2D eigenvalue weighted by atomic mass is 10.1. The molecule has 1 aromatic rings. The standard InChI is InChI=1S/C12H12O4/c1-8(2)12(15)16-7-9-3-4-11(14)10(5-9)6-13/h3-6,14H,1,7H2,2H3. The third kappa shape index (κ3) is 2.95. The van der Waals surface area contributed by atoms with Gasteiger partial charge >= 0.3 is 5.97 Å². The second kappa shape index (κ2) is 5.11. The van der Waals surface area contributed by atoms with Gasteiger partial charge in [-0.1, -0.05) is 12.6 Å². The molecule has 0 aromatic heterocycles. The van der Waals surface area contributed by atoms with Gasteiger partial charge in [0, 0.05) is 5.57 Å². The first-order chi connectivity index (χ1) is 7.54. The summed E-state index contributed by atoms with van der Waals surface area (Å²) in [6.45, 7) is 5.04. The van der Waals surface area contributed by atoms with Crippen LogP contribution in [0.2, 0.25) is 0 Å². The van der Waals surface area contributed by atoms with Crippen LogP contribution in [-0.4, -0.2) is 17.4 Å². The van der Waals surface area contributed by atoms with Crippen molar-refractivity contribution in [3.8, 4) is 5.75 Å². The molecular weight excluding hydrogens is 208 g/mol. The Morgan fingerprint density at radius 1 is 1.56 bits per heavy atom. The minimum atomic E-state index is -0.485. The molecule has 84 valence electrons. The molecule has 0 unspecified atom stereocenters. The Balaban J connectivity index is 2.72. The third-order valence-corrected chi connectivity index (χ3v) is 1.94. The summed E-state index contributed by atoms with van der Waals surface area (Å²) >= 11 is 0. The number of esters is 1. The van der Waals surface area contributed by atoms with E-state index in [0.717, 1.165) is 0 Å². The molecule has 0 spiro atoms. The van der Waals surface area contributed by atoms with E-state index in [1.54, 1.807) is 13.0 Å². The van der Waals surface area contributed by atoms with Crippen LogP contribution < -0.4 is 0 Å². The van der Waals surface area contributed by atoms with Crippen molar-refractivity contribution < 1.29 is 19.4 Å². The highest BCUT2D eigenvalue weighted by atomic mass is 16.5. The number of phenols is 1. The molecule has 16 heavy (non-hydrogen) atoms. The van der Waals surface area contributed by atoms with Gasteiger partial charge < -0.3 is 9.84 Å². The predicted octanol–water partition coefficient (Wildman–Crippen LogP) is 1.82. The van der Waals surface area contributed by atoms with E-state index in [1.165, 1.54) is 12.1 Å². The van der Waals surface area contributed by atoms with Crippen LogP contribution in [0.1, 0.15) is 22.8 Å². The van der Waals surface area contributed by atoms with E-state index in [2.05, 4.69) is 6.58 Å². The van der Waals surface area contributed by atoms with Crippen molar-refractivity contribution in [3.05, 3.63) is 41.5 Å². The zero-order chi connectivity index (χ0) is 12.1. The van der Waals surface area contributed by atoms with Crippen LogP contribution >= 0.6 is 0 Å². The van der Waals surface area contributed by atoms with Crippen LogP contribution in [0.25, 0.3) is 0 Å². The van der Waals surface area contributed by atoms with Crippen molar-refractivity contribution in [1.82, 2.24) is 0 Å². The summed E-state index contributed by atoms with van der Waals surface area (Å²) in [4.78, 5) is 21.6. The van der Waals surface area contributed by atoms with Crippen LogP contribution in [0.5, 0.6) is 5.75 Å². The summed E-state index contributed by atoms with van der Waals surface area (Å²) < 4.78 is 4.89. The van der Waals surface area contributed by atoms with Gasteiger partial charge in [-0.15, -0.1) is 0 Å². The van der Waals surface area contributed by atoms with E-state index in [-0.39, 0.29) is 17.9 Å². The lowest BCUT2D eigenvalue weighted by molar-refractivity contribution is -0.140. The average molecular weight is 220 g/mol. The van der Waals surface area contributed by atoms with Gasteiger partial charge in [-0.25, -0.2) is 4.79 Å². The van der Waals surface area contributed by atoms with Gasteiger partial charge in [-0.2, -0.15) is 0 Å². The molecule has 4 nitrogen and oxygen atoms in total. The van der Waals surface area contributed by atoms with Crippen LogP contribution in [0.15, 0.2) is 30.4 Å². The first-order valence-electron chi connectivity index (χ1n) is 4.64. The van der Waals surface area contributed by atoms with Gasteiger partial charge in [-0.3, -0.25) is 4.79 Å². The number of aromatic hydroxyl groups is 1. The SMILES string of the molecule is C=C(C)C(=O)OCc1ccc(O)c(C=O)c1. The van der Waals surface area contributed by atoms with E-state index in [4.69, 9.17) is 4.74 Å². The molecule has 0 saturated heterocycles. The smallest absolute Gasteiger partial charge is 0.333 e. The van der Waals surface area contributed by atoms with Crippen molar-refractivity contribution in [3.63, 3.8) is 0 Å². The van der Waals surface area contributed by atoms with Crippen LogP contribution in [0.4, 0.5) is 0 Å². The van der Waals surface area contributed by atoms with Crippen molar-refractivity contribution >= 4 is 12.3 Å². The number of hydrogen-bond donors (Lipinski definition) is 1. The molecule has 0 amide bonds. The second-order valence-corrected chi connectivity index (χ2v) is 3.37. The number of ether oxygens (including phenoxy) is 1. The van der Waals surface area contributed by atoms with Gasteiger partial charge in [-0.05, 0) is 24.6 Å². The van der Waals surface area contributed by atoms with Crippen molar-refractivity contribution in [2.45, 2.75) is 13.5 Å². The van der Waals surface area contributed by atoms with Gasteiger partial charge in [0.15, 0.2) is 6.29 Å². The Morgan fingerprint density at radius 2 is 2.25 bits per heavy atom. The van der Waals surface area contributed by atoms with Crippen LogP contribution in [0, 0.1) is 0 Å². The molecule has 1 rings (SSSR count). The van der Waals surface area contributed by atoms with Crippen molar-refractivity contribution in [2.24, 2.45) is 0 Å². The molecule has 0 heterocycles. The number of hydrogen-bond acceptors (Lipinski definition) is 4. The topological polar surface area (TPSA) is 63.6 Å². The molecule has 0 radical (unpaired) electrons. The molecule has 0 aliphatic carbocycles. The predicted molar refractivity (Wildman–Crippen MR) is 58.1 cm³/mol. The number of phenolic OH excluding ortho intramolecular Hbond substituents is 1. The van der Waals surface area contributed by atoms with E-state index in [9.17, 15) is 14.7 Å². The maximum Gasteiger partial charge on any atom is 0.333 e. The normalized spacial score (nSPS) is 9.56. The Labute approximate surface area is 93.2 Å². The van der Waals surface area contributed by atoms with E-state index < -0.39 is 5.97 Å². The highest BCUT2D eigenvalue weighted by molar-refractivity contribution is 5.87. The summed E-state index contributed by atoms with van der Waals surface area (Å²) in [5.74, 6) is -0.578. The monoisotopic (exact) mass is 220 g/mol. The zero-order valence-electron chi connectivity index (χ0n) is 8.90. The molecule has 0 bridgehead atoms. The fourth-order valence-electron chi connectivity index (χ4n) is 1.06. The number of rotatable bonds is 4. The lowest BCUT2D eigenvalue weighted by Crippen LogP contribution is -2.05. The minimum Gasteiger partial charge on any atom is -0.507 e. The summed E-state index contributed by atoms with van der Waals surface area (Å²) in [5.41, 5.74) is 1.12. The van der Waals surface area contributed by atoms with Crippen LogP contribution in [-0.2, 0) is 16.1 Å². The van der Waals surface area contributed by atoms with Crippen LogP contribution in [0.3, 0.4) is 0 Å². The Morgan fingerprint density at radius 3 is 2.81 bits per heavy atom. The maximum atomic E-state index is 11.1. The number of aldehydes is 1. The van der Waals surface area contributed by atoms with Crippen molar-refractivity contribution in [1.29, 1.82) is 0 Å². The summed E-state index contributed by atoms with van der Waals surface area (Å²) in [6, 6.07) is 4.43. The average Bonchev–Trinajstić information content (AvgIpc) is 2.27. The van der Waals surface area contributed by atoms with E-state index in [1.807, 2.05) is 0 Å². The highest BCUT2D eigenvalue weighted by Crippen LogP contribution is 2.17. The minimum absolute atomic E-state index is 0.0484. The Bertz CT molecular complexity index is 435. The molecule has 0 atom stereocenters. The van der Waals surface area contributed by atoms with Gasteiger partial charge in [0.2, 0.25) is 0 Å². The Kier molecular flexibility index (Phi) is 3.83. The first-order valence-corrected chi connectivity index (χ1v) is 4.64. The molecule has 0 fully saturated rings. The molecular formula is C12H12O4. The number of benzene rings is 1.